The van der Waals surface area contributed by atoms with Crippen LogP contribution in [0.4, 0.5) is 14.5 Å². The summed E-state index contributed by atoms with van der Waals surface area (Å²) >= 11 is 5.87. The van der Waals surface area contributed by atoms with E-state index in [-0.39, 0.29) is 22.1 Å². The summed E-state index contributed by atoms with van der Waals surface area (Å²) in [6, 6.07) is 21.2. The Bertz CT molecular complexity index is 1460. The summed E-state index contributed by atoms with van der Waals surface area (Å²) in [6.45, 7) is 1.63. The zero-order valence-corrected chi connectivity index (χ0v) is 20.3. The lowest BCUT2D eigenvalue weighted by Crippen LogP contribution is -2.24. The molecule has 1 aromatic heterocycles. The maximum Gasteiger partial charge on any atom is 0.365 e. The number of rotatable bonds is 7. The number of nitrogens with one attached hydrogen (secondary N) is 1. The predicted molar refractivity (Wildman–Crippen MR) is 133 cm³/mol. The van der Waals surface area contributed by atoms with Gasteiger partial charge < -0.3 is 10.4 Å². The Morgan fingerprint density at radius 3 is 2.38 bits per heavy atom. The van der Waals surface area contributed by atoms with Crippen LogP contribution in [0.5, 0.6) is 0 Å². The number of aryl methyl sites for hydroxylation is 1. The lowest BCUT2D eigenvalue weighted by molar-refractivity contribution is -0.117. The third-order valence-corrected chi connectivity index (χ3v) is 6.43. The molecular formula is C28H21ClF2N2O4. The van der Waals surface area contributed by atoms with Crippen LogP contribution in [0, 0.1) is 18.6 Å². The van der Waals surface area contributed by atoms with E-state index in [1.165, 1.54) is 0 Å². The van der Waals surface area contributed by atoms with E-state index in [1.54, 1.807) is 43.3 Å². The Kier molecular flexibility index (Phi) is 6.74. The van der Waals surface area contributed by atoms with E-state index in [9.17, 15) is 18.7 Å². The smallest absolute Gasteiger partial charge is 0.336 e. The van der Waals surface area contributed by atoms with Crippen LogP contribution in [0.1, 0.15) is 28.4 Å². The number of hydrogen-bond donors (Lipinski definition) is 2. The fourth-order valence-electron chi connectivity index (χ4n) is 4.12. The largest absolute Gasteiger partial charge is 0.365 e. The van der Waals surface area contributed by atoms with Crippen molar-refractivity contribution in [1.82, 2.24) is 4.98 Å². The standard InChI is InChI=1S/C28H21ClF2N2O4/c1-16-20(25-23(30)13-12-22(29)26(25)31)11-14-24(32-16)21(15-17-5-3-2-4-6-17)27(34)33-19-9-7-18(8-10-19)28(35)36-37-28/h2-14,21,35H,15H2,1H3,(H,33,34). The van der Waals surface area contributed by atoms with Crippen LogP contribution >= 0.6 is 11.6 Å². The fourth-order valence-corrected chi connectivity index (χ4v) is 4.28. The number of pyridine rings is 1. The number of amides is 1. The third-order valence-electron chi connectivity index (χ3n) is 6.14. The normalized spacial score (nSPS) is 14.7. The summed E-state index contributed by atoms with van der Waals surface area (Å²) < 4.78 is 29.2. The molecule has 1 aliphatic rings. The monoisotopic (exact) mass is 522 g/mol. The highest BCUT2D eigenvalue weighted by Crippen LogP contribution is 2.38. The van der Waals surface area contributed by atoms with E-state index in [2.05, 4.69) is 20.1 Å². The van der Waals surface area contributed by atoms with Crippen molar-refractivity contribution >= 4 is 23.2 Å². The van der Waals surface area contributed by atoms with Crippen LogP contribution in [-0.2, 0) is 27.0 Å². The minimum Gasteiger partial charge on any atom is -0.336 e. The number of hydrogen-bond acceptors (Lipinski definition) is 5. The van der Waals surface area contributed by atoms with Crippen molar-refractivity contribution in [3.8, 4) is 11.1 Å². The van der Waals surface area contributed by atoms with Crippen molar-refractivity contribution in [2.24, 2.45) is 0 Å². The molecule has 1 atom stereocenters. The Morgan fingerprint density at radius 2 is 1.73 bits per heavy atom. The fraction of sp³-hybridized carbons (Fsp3) is 0.143. The van der Waals surface area contributed by atoms with Gasteiger partial charge in [-0.3, -0.25) is 9.78 Å². The lowest BCUT2D eigenvalue weighted by atomic mass is 9.93. The van der Waals surface area contributed by atoms with E-state index in [4.69, 9.17) is 11.6 Å². The highest BCUT2D eigenvalue weighted by molar-refractivity contribution is 6.31. The van der Waals surface area contributed by atoms with Crippen LogP contribution in [0.25, 0.3) is 11.1 Å². The van der Waals surface area contributed by atoms with Crippen LogP contribution in [0.15, 0.2) is 78.9 Å². The molecule has 0 bridgehead atoms. The quantitative estimate of drug-likeness (QED) is 0.176. The van der Waals surface area contributed by atoms with Gasteiger partial charge in [-0.15, -0.1) is 0 Å². The molecule has 0 saturated carbocycles. The van der Waals surface area contributed by atoms with Crippen molar-refractivity contribution in [2.45, 2.75) is 25.2 Å². The second kappa shape index (κ2) is 9.99. The number of nitrogens with zero attached hydrogens (tertiary/aromatic N) is 1. The molecule has 3 aromatic carbocycles. The molecule has 1 fully saturated rings. The van der Waals surface area contributed by atoms with Crippen molar-refractivity contribution in [3.63, 3.8) is 0 Å². The Labute approximate surface area is 216 Å². The first-order valence-electron chi connectivity index (χ1n) is 11.4. The molecule has 5 rings (SSSR count). The molecule has 1 saturated heterocycles. The zero-order chi connectivity index (χ0) is 26.2. The van der Waals surface area contributed by atoms with Gasteiger partial charge in [0.2, 0.25) is 5.91 Å². The molecule has 0 spiro atoms. The molecule has 1 aliphatic heterocycles. The van der Waals surface area contributed by atoms with Crippen LogP contribution < -0.4 is 5.32 Å². The van der Waals surface area contributed by atoms with Gasteiger partial charge in [-0.25, -0.2) is 8.78 Å². The van der Waals surface area contributed by atoms with Crippen molar-refractivity contribution < 1.29 is 28.5 Å². The summed E-state index contributed by atoms with van der Waals surface area (Å²) in [6.07, 6.45) is 0.345. The van der Waals surface area contributed by atoms with Crippen molar-refractivity contribution in [1.29, 1.82) is 0 Å². The number of aliphatic hydroxyl groups is 1. The van der Waals surface area contributed by atoms with Crippen LogP contribution in [-0.4, -0.2) is 16.0 Å². The summed E-state index contributed by atoms with van der Waals surface area (Å²) in [7, 11) is 0. The van der Waals surface area contributed by atoms with E-state index in [0.29, 0.717) is 29.1 Å². The number of benzene rings is 3. The highest BCUT2D eigenvalue weighted by atomic mass is 35.5. The average Bonchev–Trinajstić information content (AvgIpc) is 3.65. The average molecular weight is 523 g/mol. The predicted octanol–water partition coefficient (Wildman–Crippen LogP) is 6.02. The van der Waals surface area contributed by atoms with Gasteiger partial charge in [0.1, 0.15) is 5.82 Å². The van der Waals surface area contributed by atoms with Gasteiger partial charge in [-0.1, -0.05) is 48.0 Å². The first kappa shape index (κ1) is 25.0. The SMILES string of the molecule is Cc1nc(C(Cc2ccccc2)C(=O)Nc2ccc(C3(O)OO3)cc2)ccc1-c1c(F)ccc(Cl)c1F. The number of carbonyl (C=O) groups is 1. The summed E-state index contributed by atoms with van der Waals surface area (Å²) in [5.41, 5.74) is 2.57. The number of aromatic nitrogens is 1. The number of anilines is 1. The number of carbonyl (C=O) groups excluding carboxylic acids is 1. The molecule has 2 N–H and O–H groups in total. The topological polar surface area (TPSA) is 87.3 Å². The molecule has 6 nitrogen and oxygen atoms in total. The minimum atomic E-state index is -1.75. The Morgan fingerprint density at radius 1 is 1.03 bits per heavy atom. The molecule has 1 amide bonds. The van der Waals surface area contributed by atoms with Gasteiger partial charge in [0.15, 0.2) is 5.82 Å². The van der Waals surface area contributed by atoms with E-state index < -0.39 is 23.5 Å². The molecular weight excluding hydrogens is 502 g/mol. The Hall–Kier alpha value is -3.69. The first-order chi connectivity index (χ1) is 17.7. The van der Waals surface area contributed by atoms with Crippen molar-refractivity contribution in [2.75, 3.05) is 5.32 Å². The molecule has 37 heavy (non-hydrogen) atoms. The summed E-state index contributed by atoms with van der Waals surface area (Å²) in [5, 5.41) is 12.5. The molecule has 2 heterocycles. The van der Waals surface area contributed by atoms with Crippen molar-refractivity contribution in [3.05, 3.63) is 118 Å². The van der Waals surface area contributed by atoms with Gasteiger partial charge in [-0.05, 0) is 61.4 Å². The number of halogens is 3. The molecule has 9 heteroatoms. The lowest BCUT2D eigenvalue weighted by Gasteiger charge is -2.19. The molecule has 188 valence electrons. The molecule has 1 unspecified atom stereocenters. The first-order valence-corrected chi connectivity index (χ1v) is 11.8. The molecule has 4 aromatic rings. The third kappa shape index (κ3) is 5.23. The summed E-state index contributed by atoms with van der Waals surface area (Å²) in [4.78, 5) is 27.1. The maximum absolute atomic E-state index is 14.7. The minimum absolute atomic E-state index is 0.195. The molecule has 0 aliphatic carbocycles. The highest BCUT2D eigenvalue weighted by Gasteiger charge is 2.49. The van der Waals surface area contributed by atoms with Gasteiger partial charge in [0.25, 0.3) is 0 Å². The zero-order valence-electron chi connectivity index (χ0n) is 19.5. The van der Waals surface area contributed by atoms with Gasteiger partial charge in [-0.2, -0.15) is 9.78 Å². The summed E-state index contributed by atoms with van der Waals surface area (Å²) in [5.74, 6) is -4.40. The van der Waals surface area contributed by atoms with E-state index >= 15 is 0 Å². The van der Waals surface area contributed by atoms with Crippen LogP contribution in [0.2, 0.25) is 5.02 Å². The molecule has 0 radical (unpaired) electrons. The van der Waals surface area contributed by atoms with Crippen LogP contribution in [0.3, 0.4) is 0 Å². The maximum atomic E-state index is 14.7. The second-order valence-electron chi connectivity index (χ2n) is 8.64. The Balaban J connectivity index is 1.46. The van der Waals surface area contributed by atoms with E-state index in [1.807, 2.05) is 30.3 Å². The second-order valence-corrected chi connectivity index (χ2v) is 9.05. The van der Waals surface area contributed by atoms with E-state index in [0.717, 1.165) is 17.7 Å². The van der Waals surface area contributed by atoms with Gasteiger partial charge in [0, 0.05) is 22.5 Å². The van der Waals surface area contributed by atoms with Gasteiger partial charge >= 0.3 is 5.97 Å². The van der Waals surface area contributed by atoms with Gasteiger partial charge in [0.05, 0.1) is 22.2 Å².